The van der Waals surface area contributed by atoms with E-state index in [-0.39, 0.29) is 0 Å². The molecule has 4 heteroatoms. The van der Waals surface area contributed by atoms with Crippen LogP contribution in [0.15, 0.2) is 29.0 Å². The Labute approximate surface area is 96.7 Å². The van der Waals surface area contributed by atoms with Crippen molar-refractivity contribution in [2.45, 2.75) is 13.5 Å². The zero-order chi connectivity index (χ0) is 11.5. The lowest BCUT2D eigenvalue weighted by Crippen LogP contribution is -2.00. The molecule has 84 valence electrons. The van der Waals surface area contributed by atoms with Crippen LogP contribution in [0.1, 0.15) is 11.1 Å². The average molecular weight is 239 g/mol. The summed E-state index contributed by atoms with van der Waals surface area (Å²) in [4.78, 5) is 0. The molecular formula is C12H11F2NS. The van der Waals surface area contributed by atoms with Crippen molar-refractivity contribution < 1.29 is 8.78 Å². The molecular weight excluding hydrogens is 228 g/mol. The first-order valence-corrected chi connectivity index (χ1v) is 5.81. The van der Waals surface area contributed by atoms with E-state index in [1.54, 1.807) is 11.3 Å². The zero-order valence-electron chi connectivity index (χ0n) is 8.76. The predicted molar refractivity (Wildman–Crippen MR) is 62.7 cm³/mol. The highest BCUT2D eigenvalue weighted by atomic mass is 32.1. The SMILES string of the molecule is Cc1cscc1NCc1cc(F)cc(F)c1. The number of rotatable bonds is 3. The van der Waals surface area contributed by atoms with Crippen molar-refractivity contribution in [1.29, 1.82) is 0 Å². The summed E-state index contributed by atoms with van der Waals surface area (Å²) < 4.78 is 25.8. The van der Waals surface area contributed by atoms with Gasteiger partial charge in [-0.25, -0.2) is 8.78 Å². The number of thiophene rings is 1. The Hall–Kier alpha value is -1.42. The average Bonchev–Trinajstić information content (AvgIpc) is 2.59. The van der Waals surface area contributed by atoms with Gasteiger partial charge in [-0.3, -0.25) is 0 Å². The second kappa shape index (κ2) is 4.61. The molecule has 0 aliphatic carbocycles. The zero-order valence-corrected chi connectivity index (χ0v) is 9.57. The summed E-state index contributed by atoms with van der Waals surface area (Å²) in [6.07, 6.45) is 0. The molecule has 0 fully saturated rings. The summed E-state index contributed by atoms with van der Waals surface area (Å²) in [5, 5.41) is 7.14. The molecule has 2 rings (SSSR count). The van der Waals surface area contributed by atoms with Gasteiger partial charge < -0.3 is 5.32 Å². The van der Waals surface area contributed by atoms with Crippen LogP contribution >= 0.6 is 11.3 Å². The quantitative estimate of drug-likeness (QED) is 0.855. The van der Waals surface area contributed by atoms with Gasteiger partial charge in [0.15, 0.2) is 0 Å². The maximum Gasteiger partial charge on any atom is 0.126 e. The first-order valence-electron chi connectivity index (χ1n) is 4.87. The Morgan fingerprint density at radius 3 is 2.38 bits per heavy atom. The molecule has 0 amide bonds. The Kier molecular flexibility index (Phi) is 3.19. The number of hydrogen-bond donors (Lipinski definition) is 1. The minimum Gasteiger partial charge on any atom is -0.380 e. The van der Waals surface area contributed by atoms with E-state index in [0.717, 1.165) is 17.3 Å². The lowest BCUT2D eigenvalue weighted by atomic mass is 10.2. The van der Waals surface area contributed by atoms with Gasteiger partial charge >= 0.3 is 0 Å². The monoisotopic (exact) mass is 239 g/mol. The fourth-order valence-corrected chi connectivity index (χ4v) is 2.26. The number of hydrogen-bond acceptors (Lipinski definition) is 2. The Morgan fingerprint density at radius 2 is 1.81 bits per heavy atom. The number of benzene rings is 1. The van der Waals surface area contributed by atoms with Crippen molar-refractivity contribution in [1.82, 2.24) is 0 Å². The second-order valence-corrected chi connectivity index (χ2v) is 4.34. The topological polar surface area (TPSA) is 12.0 Å². The van der Waals surface area contributed by atoms with Gasteiger partial charge in [-0.1, -0.05) is 0 Å². The summed E-state index contributed by atoms with van der Waals surface area (Å²) in [5.41, 5.74) is 2.75. The van der Waals surface area contributed by atoms with E-state index in [1.165, 1.54) is 12.1 Å². The van der Waals surface area contributed by atoms with Gasteiger partial charge in [0.05, 0.1) is 0 Å². The molecule has 0 radical (unpaired) electrons. The summed E-state index contributed by atoms with van der Waals surface area (Å²) in [5.74, 6) is -1.09. The largest absolute Gasteiger partial charge is 0.380 e. The van der Waals surface area contributed by atoms with E-state index in [0.29, 0.717) is 12.1 Å². The molecule has 0 aliphatic heterocycles. The molecule has 1 nitrogen and oxygen atoms in total. The summed E-state index contributed by atoms with van der Waals surface area (Å²) in [7, 11) is 0. The molecule has 2 aromatic rings. The van der Waals surface area contributed by atoms with Crippen LogP contribution in [-0.4, -0.2) is 0 Å². The van der Waals surface area contributed by atoms with Gasteiger partial charge in [0, 0.05) is 23.7 Å². The molecule has 16 heavy (non-hydrogen) atoms. The van der Waals surface area contributed by atoms with Gasteiger partial charge in [0.2, 0.25) is 0 Å². The van der Waals surface area contributed by atoms with E-state index in [4.69, 9.17) is 0 Å². The number of aryl methyl sites for hydroxylation is 1. The van der Waals surface area contributed by atoms with Crippen molar-refractivity contribution in [3.63, 3.8) is 0 Å². The van der Waals surface area contributed by atoms with Gasteiger partial charge in [-0.2, -0.15) is 0 Å². The van der Waals surface area contributed by atoms with Crippen molar-refractivity contribution in [2.24, 2.45) is 0 Å². The predicted octanol–water partition coefficient (Wildman–Crippen LogP) is 3.95. The molecule has 0 atom stereocenters. The highest BCUT2D eigenvalue weighted by molar-refractivity contribution is 7.08. The van der Waals surface area contributed by atoms with Crippen LogP contribution in [0.25, 0.3) is 0 Å². The molecule has 0 aliphatic rings. The first-order chi connectivity index (χ1) is 7.65. The normalized spacial score (nSPS) is 10.4. The molecule has 1 aromatic carbocycles. The molecule has 0 saturated heterocycles. The van der Waals surface area contributed by atoms with Crippen LogP contribution in [0.5, 0.6) is 0 Å². The highest BCUT2D eigenvalue weighted by Gasteiger charge is 2.02. The van der Waals surface area contributed by atoms with Crippen molar-refractivity contribution in [2.75, 3.05) is 5.32 Å². The Bertz CT molecular complexity index is 473. The highest BCUT2D eigenvalue weighted by Crippen LogP contribution is 2.20. The Morgan fingerprint density at radius 1 is 1.12 bits per heavy atom. The molecule has 0 unspecified atom stereocenters. The number of anilines is 1. The third kappa shape index (κ3) is 2.58. The van der Waals surface area contributed by atoms with Crippen molar-refractivity contribution >= 4 is 17.0 Å². The van der Waals surface area contributed by atoms with Crippen LogP contribution in [0.2, 0.25) is 0 Å². The van der Waals surface area contributed by atoms with Crippen LogP contribution in [-0.2, 0) is 6.54 Å². The maximum absolute atomic E-state index is 12.9. The minimum atomic E-state index is -0.543. The van der Waals surface area contributed by atoms with Gasteiger partial charge in [0.25, 0.3) is 0 Å². The number of halogens is 2. The fraction of sp³-hybridized carbons (Fsp3) is 0.167. The molecule has 0 saturated carbocycles. The lowest BCUT2D eigenvalue weighted by molar-refractivity contribution is 0.580. The van der Waals surface area contributed by atoms with E-state index in [9.17, 15) is 8.78 Å². The second-order valence-electron chi connectivity index (χ2n) is 3.60. The van der Waals surface area contributed by atoms with E-state index < -0.39 is 11.6 Å². The standard InChI is InChI=1S/C12H11F2NS/c1-8-6-16-7-12(8)15-5-9-2-10(13)4-11(14)3-9/h2-4,6-7,15H,5H2,1H3. The van der Waals surface area contributed by atoms with Gasteiger partial charge in [-0.15, -0.1) is 11.3 Å². The van der Waals surface area contributed by atoms with E-state index >= 15 is 0 Å². The van der Waals surface area contributed by atoms with Gasteiger partial charge in [-0.05, 0) is 35.6 Å². The van der Waals surface area contributed by atoms with Crippen LogP contribution < -0.4 is 5.32 Å². The lowest BCUT2D eigenvalue weighted by Gasteiger charge is -2.06. The molecule has 1 N–H and O–H groups in total. The van der Waals surface area contributed by atoms with Crippen LogP contribution in [0, 0.1) is 18.6 Å². The summed E-state index contributed by atoms with van der Waals surface area (Å²) >= 11 is 1.60. The molecule has 0 spiro atoms. The Balaban J connectivity index is 2.07. The maximum atomic E-state index is 12.9. The molecule has 1 aromatic heterocycles. The summed E-state index contributed by atoms with van der Waals surface area (Å²) in [6.45, 7) is 2.41. The van der Waals surface area contributed by atoms with Crippen molar-refractivity contribution in [3.05, 3.63) is 51.7 Å². The van der Waals surface area contributed by atoms with E-state index in [1.807, 2.05) is 17.7 Å². The number of nitrogens with one attached hydrogen (secondary N) is 1. The third-order valence-corrected chi connectivity index (χ3v) is 3.12. The molecule has 1 heterocycles. The van der Waals surface area contributed by atoms with Gasteiger partial charge in [0.1, 0.15) is 11.6 Å². The smallest absolute Gasteiger partial charge is 0.126 e. The first kappa shape index (κ1) is 11.1. The fourth-order valence-electron chi connectivity index (χ4n) is 1.45. The van der Waals surface area contributed by atoms with Crippen molar-refractivity contribution in [3.8, 4) is 0 Å². The summed E-state index contributed by atoms with van der Waals surface area (Å²) in [6, 6.07) is 3.54. The van der Waals surface area contributed by atoms with Crippen LogP contribution in [0.4, 0.5) is 14.5 Å². The van der Waals surface area contributed by atoms with E-state index in [2.05, 4.69) is 5.32 Å². The molecule has 0 bridgehead atoms. The third-order valence-electron chi connectivity index (χ3n) is 2.26. The van der Waals surface area contributed by atoms with Crippen LogP contribution in [0.3, 0.4) is 0 Å². The minimum absolute atomic E-state index is 0.423.